The summed E-state index contributed by atoms with van der Waals surface area (Å²) in [7, 11) is 0. The zero-order valence-corrected chi connectivity index (χ0v) is 19.4. The highest BCUT2D eigenvalue weighted by Gasteiger charge is 2.44. The molecule has 5 rings (SSSR count). The standard InChI is InChI=1S/C24H22Cl3N3O2/c25-24(26,27)23(28-22(32)19-8-3-6-16-5-1-2-7-18(16)19)29-12-15-11-17(14-29)20-9-4-10-21(31)30(20)13-15/h1-10,15,17,23H,11-14H2,(H,28,32)/t15-,17-,23+/m0/s1. The number of carbonyl (C=O) groups is 1. The Bertz CT molecular complexity index is 1230. The van der Waals surface area contributed by atoms with Crippen LogP contribution in [0, 0.1) is 5.92 Å². The number of likely N-dealkylation sites (tertiary alicyclic amines) is 1. The lowest BCUT2D eigenvalue weighted by Crippen LogP contribution is -2.60. The van der Waals surface area contributed by atoms with Crippen molar-refractivity contribution in [1.29, 1.82) is 0 Å². The summed E-state index contributed by atoms with van der Waals surface area (Å²) >= 11 is 19.2. The Balaban J connectivity index is 1.44. The van der Waals surface area contributed by atoms with Crippen LogP contribution in [-0.2, 0) is 6.54 Å². The van der Waals surface area contributed by atoms with Crippen molar-refractivity contribution in [2.45, 2.75) is 28.8 Å². The lowest BCUT2D eigenvalue weighted by atomic mass is 9.83. The van der Waals surface area contributed by atoms with Crippen LogP contribution in [0.25, 0.3) is 10.8 Å². The first kappa shape index (κ1) is 21.8. The number of hydrogen-bond donors (Lipinski definition) is 1. The zero-order valence-electron chi connectivity index (χ0n) is 17.2. The molecular formula is C24H22Cl3N3O2. The van der Waals surface area contributed by atoms with Crippen molar-refractivity contribution in [2.24, 2.45) is 5.92 Å². The minimum absolute atomic E-state index is 0.0211. The van der Waals surface area contributed by atoms with Crippen molar-refractivity contribution in [3.63, 3.8) is 0 Å². The molecule has 5 nitrogen and oxygen atoms in total. The fourth-order valence-corrected chi connectivity index (χ4v) is 5.73. The van der Waals surface area contributed by atoms with Gasteiger partial charge in [-0.3, -0.25) is 14.5 Å². The van der Waals surface area contributed by atoms with E-state index in [4.69, 9.17) is 34.8 Å². The monoisotopic (exact) mass is 489 g/mol. The Hall–Kier alpha value is -2.05. The number of fused-ring (bicyclic) bond motifs is 5. The fourth-order valence-electron chi connectivity index (χ4n) is 5.15. The first-order valence-corrected chi connectivity index (χ1v) is 11.7. The fraction of sp³-hybridized carbons (Fsp3) is 0.333. The van der Waals surface area contributed by atoms with Gasteiger partial charge in [0.15, 0.2) is 0 Å². The SMILES string of the molecule is O=C(N[C@H](N1C[C@@H]2C[C@@H](C1)c1cccc(=O)n1C2)C(Cl)(Cl)Cl)c1cccc2ccccc12. The van der Waals surface area contributed by atoms with Gasteiger partial charge in [-0.2, -0.15) is 0 Å². The van der Waals surface area contributed by atoms with Crippen LogP contribution in [0.4, 0.5) is 0 Å². The molecule has 1 amide bonds. The first-order valence-electron chi connectivity index (χ1n) is 10.6. The molecule has 0 spiro atoms. The summed E-state index contributed by atoms with van der Waals surface area (Å²) in [6, 6.07) is 18.7. The average molecular weight is 491 g/mol. The van der Waals surface area contributed by atoms with Gasteiger partial charge in [-0.05, 0) is 35.2 Å². The van der Waals surface area contributed by atoms with Gasteiger partial charge in [0.25, 0.3) is 11.5 Å². The molecule has 3 aromatic rings. The summed E-state index contributed by atoms with van der Waals surface area (Å²) < 4.78 is 0.136. The Kier molecular flexibility index (Phi) is 5.70. The molecule has 0 saturated carbocycles. The Morgan fingerprint density at radius 2 is 1.72 bits per heavy atom. The van der Waals surface area contributed by atoms with E-state index in [1.807, 2.05) is 51.9 Å². The third kappa shape index (κ3) is 4.03. The van der Waals surface area contributed by atoms with Crippen LogP contribution in [0.15, 0.2) is 65.5 Å². The third-order valence-electron chi connectivity index (χ3n) is 6.49. The second-order valence-electron chi connectivity index (χ2n) is 8.60. The van der Waals surface area contributed by atoms with Crippen LogP contribution in [0.1, 0.15) is 28.4 Å². The van der Waals surface area contributed by atoms with Crippen LogP contribution in [0.2, 0.25) is 0 Å². The van der Waals surface area contributed by atoms with Crippen molar-refractivity contribution in [3.05, 3.63) is 82.3 Å². The lowest BCUT2D eigenvalue weighted by Gasteiger charge is -2.47. The highest BCUT2D eigenvalue weighted by atomic mass is 35.6. The second kappa shape index (κ2) is 8.38. The molecule has 0 aliphatic carbocycles. The van der Waals surface area contributed by atoms with Gasteiger partial charge in [0.05, 0.1) is 0 Å². The summed E-state index contributed by atoms with van der Waals surface area (Å²) in [5.74, 6) is 0.0943. The summed E-state index contributed by atoms with van der Waals surface area (Å²) in [5, 5.41) is 4.80. The maximum atomic E-state index is 13.3. The summed E-state index contributed by atoms with van der Waals surface area (Å²) in [6.07, 6.45) is 0.176. The van der Waals surface area contributed by atoms with Gasteiger partial charge in [0, 0.05) is 42.9 Å². The number of hydrogen-bond acceptors (Lipinski definition) is 3. The molecule has 2 bridgehead atoms. The van der Waals surface area contributed by atoms with Crippen molar-refractivity contribution >= 4 is 51.5 Å². The van der Waals surface area contributed by atoms with E-state index >= 15 is 0 Å². The normalized spacial score (nSPS) is 21.7. The molecule has 3 heterocycles. The van der Waals surface area contributed by atoms with Crippen LogP contribution < -0.4 is 10.9 Å². The van der Waals surface area contributed by atoms with E-state index in [1.165, 1.54) is 0 Å². The average Bonchev–Trinajstić information content (AvgIpc) is 2.77. The number of aromatic nitrogens is 1. The number of alkyl halides is 3. The van der Waals surface area contributed by atoms with Crippen LogP contribution >= 0.6 is 34.8 Å². The predicted molar refractivity (Wildman–Crippen MR) is 129 cm³/mol. The van der Waals surface area contributed by atoms with Gasteiger partial charge >= 0.3 is 0 Å². The molecule has 1 fully saturated rings. The Morgan fingerprint density at radius 3 is 2.53 bits per heavy atom. The van der Waals surface area contributed by atoms with Crippen molar-refractivity contribution in [3.8, 4) is 0 Å². The summed E-state index contributed by atoms with van der Waals surface area (Å²) in [6.45, 7) is 1.85. The van der Waals surface area contributed by atoms with Gasteiger partial charge in [0.1, 0.15) is 6.17 Å². The summed E-state index contributed by atoms with van der Waals surface area (Å²) in [4.78, 5) is 27.6. The van der Waals surface area contributed by atoms with Crippen molar-refractivity contribution in [1.82, 2.24) is 14.8 Å². The molecule has 0 unspecified atom stereocenters. The molecule has 2 aliphatic rings. The van der Waals surface area contributed by atoms with E-state index in [9.17, 15) is 9.59 Å². The number of carbonyl (C=O) groups excluding carboxylic acids is 1. The number of piperidine rings is 1. The van der Waals surface area contributed by atoms with Crippen molar-refractivity contribution < 1.29 is 4.79 Å². The minimum Gasteiger partial charge on any atom is -0.332 e. The molecule has 166 valence electrons. The Morgan fingerprint density at radius 1 is 0.969 bits per heavy atom. The third-order valence-corrected chi connectivity index (χ3v) is 7.11. The number of amides is 1. The molecule has 1 saturated heterocycles. The molecular weight excluding hydrogens is 469 g/mol. The van der Waals surface area contributed by atoms with E-state index in [-0.39, 0.29) is 23.3 Å². The quantitative estimate of drug-likeness (QED) is 0.548. The molecule has 3 atom stereocenters. The molecule has 0 radical (unpaired) electrons. The molecule has 1 N–H and O–H groups in total. The maximum absolute atomic E-state index is 13.3. The maximum Gasteiger partial charge on any atom is 0.253 e. The smallest absolute Gasteiger partial charge is 0.253 e. The molecule has 2 aliphatic heterocycles. The van der Waals surface area contributed by atoms with Crippen LogP contribution in [0.5, 0.6) is 0 Å². The number of benzene rings is 2. The minimum atomic E-state index is -1.72. The molecule has 8 heteroatoms. The highest BCUT2D eigenvalue weighted by molar-refractivity contribution is 6.68. The van der Waals surface area contributed by atoms with Gasteiger partial charge < -0.3 is 9.88 Å². The second-order valence-corrected chi connectivity index (χ2v) is 11.0. The molecule has 2 aromatic carbocycles. The number of halogens is 3. The van der Waals surface area contributed by atoms with Gasteiger partial charge in [-0.25, -0.2) is 0 Å². The summed E-state index contributed by atoms with van der Waals surface area (Å²) in [5.41, 5.74) is 1.56. The highest BCUT2D eigenvalue weighted by Crippen LogP contribution is 2.40. The van der Waals surface area contributed by atoms with E-state index in [1.54, 1.807) is 18.2 Å². The Labute approximate surface area is 200 Å². The largest absolute Gasteiger partial charge is 0.332 e. The molecule has 32 heavy (non-hydrogen) atoms. The van der Waals surface area contributed by atoms with E-state index in [0.29, 0.717) is 25.2 Å². The number of nitrogens with one attached hydrogen (secondary N) is 1. The van der Waals surface area contributed by atoms with Gasteiger partial charge in [-0.1, -0.05) is 77.3 Å². The number of nitrogens with zero attached hydrogens (tertiary/aromatic N) is 2. The zero-order chi connectivity index (χ0) is 22.5. The van der Waals surface area contributed by atoms with Crippen LogP contribution in [-0.4, -0.2) is 38.4 Å². The van der Waals surface area contributed by atoms with Gasteiger partial charge in [-0.15, -0.1) is 0 Å². The molecule has 1 aromatic heterocycles. The van der Waals surface area contributed by atoms with Gasteiger partial charge in [0.2, 0.25) is 3.79 Å². The van der Waals surface area contributed by atoms with E-state index in [2.05, 4.69) is 5.32 Å². The van der Waals surface area contributed by atoms with E-state index < -0.39 is 9.96 Å². The van der Waals surface area contributed by atoms with Crippen molar-refractivity contribution in [2.75, 3.05) is 13.1 Å². The number of rotatable bonds is 3. The lowest BCUT2D eigenvalue weighted by molar-refractivity contribution is 0.0587. The number of pyridine rings is 1. The topological polar surface area (TPSA) is 54.3 Å². The van der Waals surface area contributed by atoms with E-state index in [0.717, 1.165) is 22.9 Å². The van der Waals surface area contributed by atoms with Crippen LogP contribution in [0.3, 0.4) is 0 Å². The predicted octanol–water partition coefficient (Wildman–Crippen LogP) is 4.55. The first-order chi connectivity index (χ1) is 15.3.